The van der Waals surface area contributed by atoms with E-state index in [9.17, 15) is 27.6 Å². The molecule has 2 fully saturated rings. The molecule has 2 heterocycles. The van der Waals surface area contributed by atoms with Crippen LogP contribution in [0.15, 0.2) is 36.4 Å². The van der Waals surface area contributed by atoms with Crippen LogP contribution in [-0.4, -0.2) is 61.4 Å². The van der Waals surface area contributed by atoms with Crippen LogP contribution in [0.2, 0.25) is 5.02 Å². The van der Waals surface area contributed by atoms with Crippen molar-refractivity contribution in [3.8, 4) is 0 Å². The highest BCUT2D eigenvalue weighted by molar-refractivity contribution is 7.91. The monoisotopic (exact) mass is 581 g/mol. The van der Waals surface area contributed by atoms with Crippen LogP contribution < -0.4 is 20.5 Å². The maximum absolute atomic E-state index is 13.4. The molecule has 4 unspecified atom stereocenters. The second kappa shape index (κ2) is 11.8. The number of halogens is 1. The molecule has 2 aliphatic heterocycles. The molecule has 12 nitrogen and oxygen atoms in total. The number of allylic oxidation sites excluding steroid dienone is 1. The molecular weight excluding hydrogens is 550 g/mol. The number of amides is 4. The maximum atomic E-state index is 13.4. The lowest BCUT2D eigenvalue weighted by atomic mass is 10.1. The largest absolute Gasteiger partial charge is 0.436 e. The van der Waals surface area contributed by atoms with Crippen molar-refractivity contribution in [2.24, 2.45) is 11.7 Å². The van der Waals surface area contributed by atoms with Gasteiger partial charge >= 0.3 is 16.3 Å². The van der Waals surface area contributed by atoms with E-state index in [0.717, 1.165) is 12.8 Å². The summed E-state index contributed by atoms with van der Waals surface area (Å²) in [4.78, 5) is 52.8. The molecule has 3 aliphatic rings. The molecule has 14 heteroatoms. The van der Waals surface area contributed by atoms with Crippen LogP contribution in [0.25, 0.3) is 0 Å². The first-order valence-electron chi connectivity index (χ1n) is 12.9. The number of nitrogens with zero attached hydrogens (tertiary/aromatic N) is 1. The summed E-state index contributed by atoms with van der Waals surface area (Å²) < 4.78 is 34.8. The second-order valence-electron chi connectivity index (χ2n) is 10.00. The molecule has 4 rings (SSSR count). The number of hydrogen-bond donors (Lipinski definition) is 4. The molecule has 39 heavy (non-hydrogen) atoms. The Labute approximate surface area is 231 Å². The van der Waals surface area contributed by atoms with Gasteiger partial charge in [0.1, 0.15) is 11.6 Å². The highest BCUT2D eigenvalue weighted by Gasteiger charge is 2.61. The minimum absolute atomic E-state index is 0.198. The standard InChI is InChI=1S/C25H32ClN5O7S/c26-17-10-12-18(13-11-17)29-39(36,37)30-23(34)25-15-16(25)7-4-2-1-3-5-9-20(38-24(27)35)22(33)31-14-6-8-19(31)21(32)28-25/h4,7,10-13,16,19-20,29H,1-3,5-6,8-9,14-15H2,(H2,27,35)(H,28,32)(H,30,34)/b7-4+. The van der Waals surface area contributed by atoms with Crippen LogP contribution in [0.5, 0.6) is 0 Å². The molecule has 1 saturated carbocycles. The summed E-state index contributed by atoms with van der Waals surface area (Å²) in [5.41, 5.74) is 3.89. The first kappa shape index (κ1) is 28.7. The van der Waals surface area contributed by atoms with Crippen LogP contribution in [-0.2, 0) is 29.3 Å². The number of benzene rings is 1. The zero-order valence-corrected chi connectivity index (χ0v) is 22.8. The lowest BCUT2D eigenvalue weighted by Crippen LogP contribution is -2.57. The van der Waals surface area contributed by atoms with Gasteiger partial charge in [-0.15, -0.1) is 0 Å². The van der Waals surface area contributed by atoms with E-state index < -0.39 is 57.6 Å². The average Bonchev–Trinajstić information content (AvgIpc) is 3.33. The van der Waals surface area contributed by atoms with Gasteiger partial charge in [-0.05, 0) is 69.2 Å². The molecule has 0 radical (unpaired) electrons. The van der Waals surface area contributed by atoms with Gasteiger partial charge in [-0.2, -0.15) is 8.42 Å². The van der Waals surface area contributed by atoms with Crippen molar-refractivity contribution in [2.75, 3.05) is 11.3 Å². The van der Waals surface area contributed by atoms with Crippen LogP contribution >= 0.6 is 11.6 Å². The van der Waals surface area contributed by atoms with Crippen molar-refractivity contribution < 1.29 is 32.3 Å². The molecule has 0 aromatic heterocycles. The molecule has 1 aliphatic carbocycles. The number of carbonyl (C=O) groups excluding carboxylic acids is 4. The Morgan fingerprint density at radius 3 is 2.56 bits per heavy atom. The highest BCUT2D eigenvalue weighted by atomic mass is 35.5. The smallest absolute Gasteiger partial charge is 0.405 e. The van der Waals surface area contributed by atoms with E-state index in [2.05, 4.69) is 10.0 Å². The number of nitrogens with one attached hydrogen (secondary N) is 3. The maximum Gasteiger partial charge on any atom is 0.405 e. The Hall–Kier alpha value is -3.32. The Kier molecular flexibility index (Phi) is 8.70. The number of nitrogens with two attached hydrogens (primary N) is 1. The van der Waals surface area contributed by atoms with Crippen molar-refractivity contribution in [1.82, 2.24) is 14.9 Å². The molecule has 0 spiro atoms. The van der Waals surface area contributed by atoms with Gasteiger partial charge in [0.2, 0.25) is 5.91 Å². The topological polar surface area (TPSA) is 177 Å². The normalized spacial score (nSPS) is 28.5. The summed E-state index contributed by atoms with van der Waals surface area (Å²) in [5, 5.41) is 3.16. The Balaban J connectivity index is 1.54. The highest BCUT2D eigenvalue weighted by Crippen LogP contribution is 2.45. The molecule has 212 valence electrons. The fourth-order valence-corrected chi connectivity index (χ4v) is 6.14. The van der Waals surface area contributed by atoms with Gasteiger partial charge in [0.05, 0.1) is 5.69 Å². The van der Waals surface area contributed by atoms with Crippen molar-refractivity contribution in [3.05, 3.63) is 41.4 Å². The number of fused-ring (bicyclic) bond motifs is 2. The quantitative estimate of drug-likeness (QED) is 0.384. The number of ether oxygens (including phenoxy) is 1. The molecule has 4 atom stereocenters. The van der Waals surface area contributed by atoms with Gasteiger partial charge in [0.15, 0.2) is 6.10 Å². The van der Waals surface area contributed by atoms with E-state index in [-0.39, 0.29) is 25.1 Å². The van der Waals surface area contributed by atoms with Crippen molar-refractivity contribution in [3.63, 3.8) is 0 Å². The van der Waals surface area contributed by atoms with E-state index in [1.165, 1.54) is 29.2 Å². The zero-order valence-electron chi connectivity index (χ0n) is 21.2. The fraction of sp³-hybridized carbons (Fsp3) is 0.520. The second-order valence-corrected chi connectivity index (χ2v) is 11.8. The lowest BCUT2D eigenvalue weighted by molar-refractivity contribution is -0.146. The van der Waals surface area contributed by atoms with Crippen molar-refractivity contribution in [1.29, 1.82) is 0 Å². The van der Waals surface area contributed by atoms with Crippen molar-refractivity contribution in [2.45, 2.75) is 69.1 Å². The van der Waals surface area contributed by atoms with E-state index >= 15 is 0 Å². The van der Waals surface area contributed by atoms with Crippen LogP contribution in [0.4, 0.5) is 10.5 Å². The molecule has 5 N–H and O–H groups in total. The number of rotatable bonds is 5. The minimum atomic E-state index is -4.33. The van der Waals surface area contributed by atoms with Gasteiger partial charge in [-0.1, -0.05) is 30.2 Å². The van der Waals surface area contributed by atoms with Gasteiger partial charge in [0, 0.05) is 17.5 Å². The van der Waals surface area contributed by atoms with Crippen molar-refractivity contribution >= 4 is 51.3 Å². The van der Waals surface area contributed by atoms with Crippen LogP contribution in [0.1, 0.15) is 51.4 Å². The summed E-state index contributed by atoms with van der Waals surface area (Å²) in [6, 6.07) is 4.98. The fourth-order valence-electron chi connectivity index (χ4n) is 5.09. The van der Waals surface area contributed by atoms with Gasteiger partial charge in [0.25, 0.3) is 11.8 Å². The molecule has 1 aromatic carbocycles. The van der Waals surface area contributed by atoms with E-state index in [0.29, 0.717) is 30.7 Å². The van der Waals surface area contributed by atoms with Gasteiger partial charge < -0.3 is 20.7 Å². The number of anilines is 1. The third-order valence-electron chi connectivity index (χ3n) is 7.17. The number of carbonyl (C=O) groups is 4. The first-order chi connectivity index (χ1) is 18.5. The van der Waals surface area contributed by atoms with Crippen LogP contribution in [0.3, 0.4) is 0 Å². The lowest BCUT2D eigenvalue weighted by Gasteiger charge is -2.29. The SMILES string of the molecule is NC(=O)OC1CCCCC/C=C/C2CC2(C(=O)NS(=O)(=O)Nc2ccc(Cl)cc2)NC(=O)C2CCCN2C1=O. The summed E-state index contributed by atoms with van der Waals surface area (Å²) in [5.74, 6) is -2.40. The third kappa shape index (κ3) is 7.01. The summed E-state index contributed by atoms with van der Waals surface area (Å²) in [7, 11) is -4.33. The first-order valence-corrected chi connectivity index (χ1v) is 14.7. The zero-order chi connectivity index (χ0) is 28.2. The van der Waals surface area contributed by atoms with E-state index in [1.54, 1.807) is 0 Å². The Morgan fingerprint density at radius 2 is 1.85 bits per heavy atom. The average molecular weight is 582 g/mol. The predicted octanol–water partition coefficient (Wildman–Crippen LogP) is 1.96. The number of hydrogen-bond acceptors (Lipinski definition) is 7. The van der Waals surface area contributed by atoms with E-state index in [1.807, 2.05) is 16.9 Å². The predicted molar refractivity (Wildman–Crippen MR) is 143 cm³/mol. The Bertz CT molecular complexity index is 1260. The van der Waals surface area contributed by atoms with Gasteiger partial charge in [-0.25, -0.2) is 9.52 Å². The summed E-state index contributed by atoms with van der Waals surface area (Å²) in [6.07, 6.45) is 5.76. The summed E-state index contributed by atoms with van der Waals surface area (Å²) in [6.45, 7) is 0.275. The van der Waals surface area contributed by atoms with Gasteiger partial charge in [-0.3, -0.25) is 19.1 Å². The summed E-state index contributed by atoms with van der Waals surface area (Å²) >= 11 is 5.84. The molecule has 4 amide bonds. The molecule has 1 saturated heterocycles. The van der Waals surface area contributed by atoms with E-state index in [4.69, 9.17) is 22.1 Å². The molecular formula is C25H32ClN5O7S. The third-order valence-corrected chi connectivity index (χ3v) is 8.38. The molecule has 0 bridgehead atoms. The Morgan fingerprint density at radius 1 is 1.10 bits per heavy atom. The number of primary amides is 1. The molecule has 1 aromatic rings. The van der Waals surface area contributed by atoms with Crippen LogP contribution in [0, 0.1) is 5.92 Å². The minimum Gasteiger partial charge on any atom is -0.436 e.